The lowest BCUT2D eigenvalue weighted by Gasteiger charge is -2.41. The highest BCUT2D eigenvalue weighted by Gasteiger charge is 2.41. The van der Waals surface area contributed by atoms with Gasteiger partial charge in [0.05, 0.1) is 36.0 Å². The van der Waals surface area contributed by atoms with Crippen molar-refractivity contribution < 1.29 is 43.5 Å². The highest BCUT2D eigenvalue weighted by molar-refractivity contribution is 14.1. The van der Waals surface area contributed by atoms with Crippen molar-refractivity contribution in [1.29, 1.82) is 0 Å². The van der Waals surface area contributed by atoms with Crippen LogP contribution in [-0.2, 0) is 27.5 Å². The third kappa shape index (κ3) is 9.68. The number of carbonyl (C=O) groups excluding carboxylic acids is 2. The number of aliphatic hydroxyl groups is 3. The molecular formula is C36H48FIN2O8. The molecule has 10 nitrogen and oxygen atoms in total. The van der Waals surface area contributed by atoms with Crippen LogP contribution in [0, 0.1) is 27.1 Å². The first-order chi connectivity index (χ1) is 22.9. The molecule has 0 radical (unpaired) electrons. The van der Waals surface area contributed by atoms with E-state index in [9.17, 15) is 29.3 Å². The lowest BCUT2D eigenvalue weighted by molar-refractivity contribution is -0.149. The van der Waals surface area contributed by atoms with Crippen LogP contribution < -0.4 is 14.8 Å². The number of hydrogen-bond donors (Lipinski definition) is 4. The molecule has 0 saturated heterocycles. The number of amides is 2. The molecular weight excluding hydrogens is 734 g/mol. The Hall–Kier alpha value is -2.78. The predicted molar refractivity (Wildman–Crippen MR) is 187 cm³/mol. The first-order valence-electron chi connectivity index (χ1n) is 16.5. The van der Waals surface area contributed by atoms with Gasteiger partial charge in [0.1, 0.15) is 24.6 Å². The molecule has 2 aliphatic carbocycles. The Labute approximate surface area is 295 Å². The van der Waals surface area contributed by atoms with Gasteiger partial charge in [-0.15, -0.1) is 0 Å². The molecule has 0 unspecified atom stereocenters. The minimum atomic E-state index is -1.29. The number of ether oxygens (including phenoxy) is 3. The van der Waals surface area contributed by atoms with Gasteiger partial charge in [-0.3, -0.25) is 9.59 Å². The van der Waals surface area contributed by atoms with Crippen LogP contribution in [0.15, 0.2) is 48.0 Å². The van der Waals surface area contributed by atoms with E-state index in [4.69, 9.17) is 14.2 Å². The Bertz CT molecular complexity index is 1420. The molecule has 2 aliphatic rings. The number of hydrogen-bond acceptors (Lipinski definition) is 8. The van der Waals surface area contributed by atoms with Crippen molar-refractivity contribution in [3.8, 4) is 11.5 Å². The van der Waals surface area contributed by atoms with E-state index in [1.807, 2.05) is 22.6 Å². The maximum Gasteiger partial charge on any atom is 0.249 e. The van der Waals surface area contributed by atoms with E-state index < -0.39 is 30.0 Å². The van der Waals surface area contributed by atoms with Gasteiger partial charge in [0, 0.05) is 25.1 Å². The fourth-order valence-electron chi connectivity index (χ4n) is 6.64. The second kappa shape index (κ2) is 17.7. The van der Waals surface area contributed by atoms with Crippen molar-refractivity contribution in [3.05, 3.63) is 68.6 Å². The number of aliphatic hydroxyl groups excluding tert-OH is 3. The zero-order chi connectivity index (χ0) is 35.0. The molecule has 12 heteroatoms. The number of nitrogens with one attached hydrogen (secondary N) is 1. The quantitative estimate of drug-likeness (QED) is 0.208. The van der Waals surface area contributed by atoms with Gasteiger partial charge in [-0.2, -0.15) is 0 Å². The standard InChI is InChI=1S/C36H48FIN2O8/c1-21(2)27-10-5-22(3)13-30(27)47-20-33(43)40(18-23-6-8-26(37)9-7-23)29-16-25(36(45)39-11-12-41)17-31(34(29)44)48-35-28(38)14-24(19-42)15-32(35)46-4/h6-9,14-15,17,21-22,27,29-31,34,41-42,44H,5,10-13,16,18-20H2,1-4H3,(H,39,45)/t22-,27+,29+,30-,31-,34-/m0/s1. The number of benzene rings is 2. The Kier molecular flexibility index (Phi) is 14.1. The van der Waals surface area contributed by atoms with E-state index in [-0.39, 0.29) is 56.9 Å². The molecule has 1 fully saturated rings. The average molecular weight is 783 g/mol. The van der Waals surface area contributed by atoms with Crippen molar-refractivity contribution in [2.75, 3.05) is 26.9 Å². The minimum absolute atomic E-state index is 0.00200. The maximum absolute atomic E-state index is 14.2. The molecule has 4 rings (SSSR count). The summed E-state index contributed by atoms with van der Waals surface area (Å²) < 4.78 is 32.7. The molecule has 0 aliphatic heterocycles. The second-order valence-electron chi connectivity index (χ2n) is 13.1. The van der Waals surface area contributed by atoms with Crippen LogP contribution in [0.25, 0.3) is 0 Å². The summed E-state index contributed by atoms with van der Waals surface area (Å²) in [6.07, 6.45) is 2.04. The topological polar surface area (TPSA) is 138 Å². The number of carbonyl (C=O) groups is 2. The number of methoxy groups -OCH3 is 1. The summed E-state index contributed by atoms with van der Waals surface area (Å²) in [4.78, 5) is 29.0. The molecule has 6 atom stereocenters. The summed E-state index contributed by atoms with van der Waals surface area (Å²) in [5, 5.41) is 33.6. The van der Waals surface area contributed by atoms with Crippen LogP contribution in [0.1, 0.15) is 57.6 Å². The summed E-state index contributed by atoms with van der Waals surface area (Å²) in [5.74, 6) is 0.557. The summed E-state index contributed by atoms with van der Waals surface area (Å²) in [6, 6.07) is 8.21. The van der Waals surface area contributed by atoms with Crippen molar-refractivity contribution >= 4 is 34.4 Å². The van der Waals surface area contributed by atoms with Crippen molar-refractivity contribution in [1.82, 2.24) is 10.2 Å². The first kappa shape index (κ1) is 38.0. The normalized spacial score (nSPS) is 24.2. The third-order valence-electron chi connectivity index (χ3n) is 9.31. The van der Waals surface area contributed by atoms with E-state index in [0.29, 0.717) is 43.9 Å². The molecule has 0 heterocycles. The number of halogens is 2. The summed E-state index contributed by atoms with van der Waals surface area (Å²) in [7, 11) is 1.46. The molecule has 1 saturated carbocycles. The van der Waals surface area contributed by atoms with E-state index >= 15 is 0 Å². The predicted octanol–water partition coefficient (Wildman–Crippen LogP) is 4.35. The van der Waals surface area contributed by atoms with Crippen molar-refractivity contribution in [3.63, 3.8) is 0 Å². The van der Waals surface area contributed by atoms with Gasteiger partial charge in [0.15, 0.2) is 11.5 Å². The molecule has 0 aromatic heterocycles. The molecule has 0 spiro atoms. The Morgan fingerprint density at radius 3 is 2.50 bits per heavy atom. The highest BCUT2D eigenvalue weighted by Crippen LogP contribution is 2.38. The molecule has 2 aromatic rings. The van der Waals surface area contributed by atoms with Crippen LogP contribution in [0.3, 0.4) is 0 Å². The first-order valence-corrected chi connectivity index (χ1v) is 17.6. The van der Waals surface area contributed by atoms with Gasteiger partial charge in [-0.05, 0) is 94.7 Å². The Balaban J connectivity index is 1.69. The Morgan fingerprint density at radius 2 is 1.85 bits per heavy atom. The largest absolute Gasteiger partial charge is 0.493 e. The van der Waals surface area contributed by atoms with E-state index in [2.05, 4.69) is 26.1 Å². The van der Waals surface area contributed by atoms with Gasteiger partial charge >= 0.3 is 0 Å². The SMILES string of the molecule is COc1cc(CO)cc(I)c1O[C@H]1C=C(C(=O)NCCO)C[C@@H](N(Cc2ccc(F)cc2)C(=O)CO[C@H]2C[C@@H](C)CC[C@@H]2C(C)C)[C@@H]1O. The van der Waals surface area contributed by atoms with E-state index in [1.165, 1.54) is 30.2 Å². The van der Waals surface area contributed by atoms with Gasteiger partial charge in [-0.25, -0.2) is 4.39 Å². The number of rotatable bonds is 14. The van der Waals surface area contributed by atoms with E-state index in [0.717, 1.165) is 19.3 Å². The summed E-state index contributed by atoms with van der Waals surface area (Å²) >= 11 is 2.05. The fourth-order valence-corrected chi connectivity index (χ4v) is 7.43. The van der Waals surface area contributed by atoms with Crippen LogP contribution in [0.2, 0.25) is 0 Å². The smallest absolute Gasteiger partial charge is 0.249 e. The molecule has 0 bridgehead atoms. The monoisotopic (exact) mass is 782 g/mol. The maximum atomic E-state index is 14.2. The minimum Gasteiger partial charge on any atom is -0.493 e. The van der Waals surface area contributed by atoms with Crippen LogP contribution in [-0.4, -0.2) is 83.3 Å². The lowest BCUT2D eigenvalue weighted by Crippen LogP contribution is -2.55. The summed E-state index contributed by atoms with van der Waals surface area (Å²) in [6.45, 7) is 5.88. The Morgan fingerprint density at radius 1 is 1.12 bits per heavy atom. The van der Waals surface area contributed by atoms with E-state index in [1.54, 1.807) is 24.3 Å². The molecule has 2 amide bonds. The van der Waals surface area contributed by atoms with Crippen molar-refractivity contribution in [2.45, 2.75) is 84.0 Å². The van der Waals surface area contributed by atoms with Gasteiger partial charge in [-0.1, -0.05) is 39.3 Å². The van der Waals surface area contributed by atoms with Crippen LogP contribution >= 0.6 is 22.6 Å². The second-order valence-corrected chi connectivity index (χ2v) is 14.3. The zero-order valence-corrected chi connectivity index (χ0v) is 30.2. The van der Waals surface area contributed by atoms with Crippen LogP contribution in [0.5, 0.6) is 11.5 Å². The fraction of sp³-hybridized carbons (Fsp3) is 0.556. The molecule has 48 heavy (non-hydrogen) atoms. The average Bonchev–Trinajstić information content (AvgIpc) is 3.07. The number of nitrogens with zero attached hydrogens (tertiary/aromatic N) is 1. The molecule has 2 aromatic carbocycles. The summed E-state index contributed by atoms with van der Waals surface area (Å²) in [5.41, 5.74) is 1.51. The van der Waals surface area contributed by atoms with Gasteiger partial charge in [0.2, 0.25) is 11.8 Å². The molecule has 4 N–H and O–H groups in total. The van der Waals surface area contributed by atoms with Gasteiger partial charge < -0.3 is 39.7 Å². The van der Waals surface area contributed by atoms with Crippen LogP contribution in [0.4, 0.5) is 4.39 Å². The molecule has 264 valence electrons. The lowest BCUT2D eigenvalue weighted by atomic mass is 9.75. The van der Waals surface area contributed by atoms with Gasteiger partial charge in [0.25, 0.3) is 0 Å². The van der Waals surface area contributed by atoms with Crippen molar-refractivity contribution in [2.24, 2.45) is 17.8 Å². The highest BCUT2D eigenvalue weighted by atomic mass is 127. The third-order valence-corrected chi connectivity index (χ3v) is 10.1. The zero-order valence-electron chi connectivity index (χ0n) is 28.0.